The monoisotopic (exact) mass is 552 g/mol. The molecule has 3 rings (SSSR count). The van der Waals surface area contributed by atoms with Crippen LogP contribution in [-0.4, -0.2) is 35.3 Å². The zero-order chi connectivity index (χ0) is 29.1. The van der Waals surface area contributed by atoms with Crippen molar-refractivity contribution >= 4 is 34.2 Å². The lowest BCUT2D eigenvalue weighted by Gasteiger charge is -2.28. The minimum Gasteiger partial charge on any atom is -0.352 e. The van der Waals surface area contributed by atoms with Crippen molar-refractivity contribution in [2.75, 3.05) is 11.9 Å². The molecule has 0 saturated carbocycles. The highest BCUT2D eigenvalue weighted by molar-refractivity contribution is 7.13. The van der Waals surface area contributed by atoms with Crippen molar-refractivity contribution in [2.24, 2.45) is 10.8 Å². The minimum absolute atomic E-state index is 0.124. The number of rotatable bonds is 7. The molecular formula is C30H37FN4O3S. The Morgan fingerprint density at radius 3 is 2.23 bits per heavy atom. The molecule has 0 saturated heterocycles. The van der Waals surface area contributed by atoms with Gasteiger partial charge in [-0.3, -0.25) is 19.7 Å². The molecule has 9 heteroatoms. The van der Waals surface area contributed by atoms with Crippen LogP contribution in [-0.2, 0) is 0 Å². The first-order chi connectivity index (χ1) is 18.1. The summed E-state index contributed by atoms with van der Waals surface area (Å²) in [5, 5.41) is 10.7. The zero-order valence-electron chi connectivity index (χ0n) is 23.8. The van der Waals surface area contributed by atoms with Gasteiger partial charge in [-0.15, -0.1) is 11.3 Å². The minimum atomic E-state index is -0.570. The van der Waals surface area contributed by atoms with Crippen LogP contribution in [0.15, 0.2) is 41.9 Å². The van der Waals surface area contributed by atoms with Crippen LogP contribution in [0.3, 0.4) is 0 Å². The standard InChI is InChI=1S/C30H37FN4O3S/c1-17-22(14-20(15-24(17)31)26(37)34-18(2)30(6,7)8)21-10-9-19(25(36)33-16-29(3,4)5)13-23(21)27(38)35-28-32-11-12-39-28/h9-15,18H,16H2,1-8H3,(H,33,36)(H,34,37)(H,32,35,38)/t18-/m0/s1. The Labute approximate surface area is 233 Å². The van der Waals surface area contributed by atoms with Crippen molar-refractivity contribution in [3.63, 3.8) is 0 Å². The summed E-state index contributed by atoms with van der Waals surface area (Å²) in [5.41, 5.74) is 1.34. The van der Waals surface area contributed by atoms with Gasteiger partial charge in [0.15, 0.2) is 5.13 Å². The molecule has 3 N–H and O–H groups in total. The fraction of sp³-hybridized carbons (Fsp3) is 0.400. The lowest BCUT2D eigenvalue weighted by molar-refractivity contribution is 0.0907. The second kappa shape index (κ2) is 11.7. The lowest BCUT2D eigenvalue weighted by Crippen LogP contribution is -2.41. The molecule has 208 valence electrons. The second-order valence-electron chi connectivity index (χ2n) is 12.0. The number of anilines is 1. The Bertz CT molecular complexity index is 1370. The summed E-state index contributed by atoms with van der Waals surface area (Å²) in [5.74, 6) is -1.81. The molecule has 3 amide bonds. The van der Waals surface area contributed by atoms with E-state index in [1.165, 1.54) is 23.5 Å². The van der Waals surface area contributed by atoms with E-state index >= 15 is 4.39 Å². The van der Waals surface area contributed by atoms with E-state index < -0.39 is 17.6 Å². The highest BCUT2D eigenvalue weighted by atomic mass is 32.1. The molecule has 0 aliphatic heterocycles. The van der Waals surface area contributed by atoms with Gasteiger partial charge >= 0.3 is 0 Å². The number of benzene rings is 2. The third-order valence-electron chi connectivity index (χ3n) is 6.50. The second-order valence-corrected chi connectivity index (χ2v) is 12.9. The SMILES string of the molecule is Cc1c(F)cc(C(=O)N[C@@H](C)C(C)(C)C)cc1-c1ccc(C(=O)NCC(C)(C)C)cc1C(=O)Nc1nccs1. The number of amides is 3. The van der Waals surface area contributed by atoms with Gasteiger partial charge in [0.2, 0.25) is 0 Å². The summed E-state index contributed by atoms with van der Waals surface area (Å²) < 4.78 is 15.2. The molecule has 0 aliphatic carbocycles. The number of nitrogens with zero attached hydrogens (tertiary/aromatic N) is 1. The van der Waals surface area contributed by atoms with Gasteiger partial charge < -0.3 is 10.6 Å². The maximum atomic E-state index is 15.2. The summed E-state index contributed by atoms with van der Waals surface area (Å²) in [6.45, 7) is 16.0. The fourth-order valence-corrected chi connectivity index (χ4v) is 4.12. The Balaban J connectivity index is 2.08. The zero-order valence-corrected chi connectivity index (χ0v) is 24.6. The Morgan fingerprint density at radius 2 is 1.64 bits per heavy atom. The largest absolute Gasteiger partial charge is 0.352 e. The van der Waals surface area contributed by atoms with Crippen molar-refractivity contribution in [3.8, 4) is 11.1 Å². The maximum Gasteiger partial charge on any atom is 0.258 e. The van der Waals surface area contributed by atoms with Crippen LogP contribution in [0, 0.1) is 23.6 Å². The average Bonchev–Trinajstić information content (AvgIpc) is 3.35. The van der Waals surface area contributed by atoms with E-state index in [1.54, 1.807) is 36.7 Å². The van der Waals surface area contributed by atoms with Gasteiger partial charge in [-0.05, 0) is 65.6 Å². The summed E-state index contributed by atoms with van der Waals surface area (Å²) in [7, 11) is 0. The predicted molar refractivity (Wildman–Crippen MR) is 155 cm³/mol. The third-order valence-corrected chi connectivity index (χ3v) is 7.19. The van der Waals surface area contributed by atoms with Crippen LogP contribution in [0.4, 0.5) is 9.52 Å². The molecule has 0 fully saturated rings. The van der Waals surface area contributed by atoms with Crippen LogP contribution in [0.5, 0.6) is 0 Å². The van der Waals surface area contributed by atoms with E-state index in [2.05, 4.69) is 20.9 Å². The molecule has 7 nitrogen and oxygen atoms in total. The normalized spacial score (nSPS) is 12.5. The van der Waals surface area contributed by atoms with E-state index in [1.807, 2.05) is 48.5 Å². The molecule has 0 spiro atoms. The number of halogens is 1. The van der Waals surface area contributed by atoms with Gasteiger partial charge in [-0.1, -0.05) is 47.6 Å². The number of carbonyl (C=O) groups is 3. The maximum absolute atomic E-state index is 15.2. The molecule has 0 unspecified atom stereocenters. The van der Waals surface area contributed by atoms with E-state index in [-0.39, 0.29) is 39.5 Å². The van der Waals surface area contributed by atoms with Crippen molar-refractivity contribution < 1.29 is 18.8 Å². The number of nitrogens with one attached hydrogen (secondary N) is 3. The van der Waals surface area contributed by atoms with Crippen molar-refractivity contribution in [1.82, 2.24) is 15.6 Å². The van der Waals surface area contributed by atoms with Gasteiger partial charge in [-0.25, -0.2) is 9.37 Å². The van der Waals surface area contributed by atoms with E-state index in [4.69, 9.17) is 0 Å². The first-order valence-corrected chi connectivity index (χ1v) is 13.7. The number of aromatic nitrogens is 1. The molecule has 0 aliphatic rings. The van der Waals surface area contributed by atoms with Gasteiger partial charge in [0.05, 0.1) is 0 Å². The summed E-state index contributed by atoms with van der Waals surface area (Å²) >= 11 is 1.25. The highest BCUT2D eigenvalue weighted by Crippen LogP contribution is 2.32. The summed E-state index contributed by atoms with van der Waals surface area (Å²) in [6, 6.07) is 7.32. The van der Waals surface area contributed by atoms with Crippen LogP contribution in [0.25, 0.3) is 11.1 Å². The fourth-order valence-electron chi connectivity index (χ4n) is 3.59. The molecule has 1 atom stereocenters. The van der Waals surface area contributed by atoms with Gasteiger partial charge in [0.1, 0.15) is 5.82 Å². The molecule has 0 radical (unpaired) electrons. The topological polar surface area (TPSA) is 100 Å². The summed E-state index contributed by atoms with van der Waals surface area (Å²) in [4.78, 5) is 43.5. The van der Waals surface area contributed by atoms with E-state index in [9.17, 15) is 14.4 Å². The van der Waals surface area contributed by atoms with Gasteiger partial charge in [0.25, 0.3) is 17.7 Å². The summed E-state index contributed by atoms with van der Waals surface area (Å²) in [6.07, 6.45) is 1.57. The highest BCUT2D eigenvalue weighted by Gasteiger charge is 2.25. The first-order valence-electron chi connectivity index (χ1n) is 12.8. The van der Waals surface area contributed by atoms with Crippen LogP contribution in [0.1, 0.15) is 85.1 Å². The molecule has 1 heterocycles. The smallest absolute Gasteiger partial charge is 0.258 e. The molecule has 0 bridgehead atoms. The Morgan fingerprint density at radius 1 is 0.949 bits per heavy atom. The molecule has 2 aromatic carbocycles. The first kappa shape index (κ1) is 30.0. The van der Waals surface area contributed by atoms with Gasteiger partial charge in [0, 0.05) is 40.9 Å². The van der Waals surface area contributed by atoms with E-state index in [0.717, 1.165) is 0 Å². The Hall–Kier alpha value is -3.59. The van der Waals surface area contributed by atoms with Crippen LogP contribution >= 0.6 is 11.3 Å². The molecular weight excluding hydrogens is 515 g/mol. The van der Waals surface area contributed by atoms with Crippen LogP contribution < -0.4 is 16.0 Å². The molecule has 1 aromatic heterocycles. The lowest BCUT2D eigenvalue weighted by atomic mass is 9.87. The quantitative estimate of drug-likeness (QED) is 0.314. The average molecular weight is 553 g/mol. The third kappa shape index (κ3) is 7.72. The Kier molecular flexibility index (Phi) is 8.95. The molecule has 3 aromatic rings. The van der Waals surface area contributed by atoms with Crippen LogP contribution in [0.2, 0.25) is 0 Å². The van der Waals surface area contributed by atoms with Crippen molar-refractivity contribution in [1.29, 1.82) is 0 Å². The molecule has 39 heavy (non-hydrogen) atoms. The number of carbonyl (C=O) groups excluding carboxylic acids is 3. The van der Waals surface area contributed by atoms with E-state index in [0.29, 0.717) is 28.4 Å². The van der Waals surface area contributed by atoms with Crippen molar-refractivity contribution in [3.05, 3.63) is 70.0 Å². The number of hydrogen-bond acceptors (Lipinski definition) is 5. The number of thiazole rings is 1. The number of hydrogen-bond donors (Lipinski definition) is 3. The van der Waals surface area contributed by atoms with Crippen molar-refractivity contribution in [2.45, 2.75) is 61.4 Å². The predicted octanol–water partition coefficient (Wildman–Crippen LogP) is 6.45. The van der Waals surface area contributed by atoms with Gasteiger partial charge in [-0.2, -0.15) is 0 Å².